The van der Waals surface area contributed by atoms with Crippen LogP contribution in [0.5, 0.6) is 0 Å². The fraction of sp³-hybridized carbons (Fsp3) is 0.258. The van der Waals surface area contributed by atoms with E-state index in [0.717, 1.165) is 22.2 Å². The zero-order valence-corrected chi connectivity index (χ0v) is 25.2. The number of aryl methyl sites for hydroxylation is 1. The van der Waals surface area contributed by atoms with E-state index in [1.165, 1.54) is 16.1 Å². The summed E-state index contributed by atoms with van der Waals surface area (Å²) in [6.07, 6.45) is 0. The molecule has 0 saturated heterocycles. The Morgan fingerprint density at radius 2 is 1.68 bits per heavy atom. The molecule has 2 heterocycles. The van der Waals surface area contributed by atoms with Crippen LogP contribution in [0.2, 0.25) is 0 Å². The van der Waals surface area contributed by atoms with Gasteiger partial charge in [-0.05, 0) is 37.6 Å². The van der Waals surface area contributed by atoms with Crippen molar-refractivity contribution in [2.24, 2.45) is 0 Å². The molecule has 8 nitrogen and oxygen atoms in total. The minimum atomic E-state index is -3.65. The number of fused-ring (bicyclic) bond motifs is 1. The molecule has 5 aromatic rings. The quantitative estimate of drug-likeness (QED) is 0.146. The molecule has 3 aromatic carbocycles. The zero-order chi connectivity index (χ0) is 29.1. The number of Topliss-reactive ketones (excluding diaryl/α,β-unsaturated/α-hetero) is 1. The highest BCUT2D eigenvalue weighted by Gasteiger charge is 2.27. The highest BCUT2D eigenvalue weighted by Crippen LogP contribution is 2.32. The molecule has 0 bridgehead atoms. The van der Waals surface area contributed by atoms with Crippen molar-refractivity contribution in [1.29, 1.82) is 0 Å². The number of nitrogens with zero attached hydrogens (tertiary/aromatic N) is 4. The van der Waals surface area contributed by atoms with Crippen LogP contribution in [0.25, 0.3) is 22.3 Å². The van der Waals surface area contributed by atoms with Crippen LogP contribution in [0.4, 0.5) is 0 Å². The van der Waals surface area contributed by atoms with Gasteiger partial charge in [0.05, 0.1) is 16.7 Å². The molecule has 212 valence electrons. The number of hydrogen-bond donors (Lipinski definition) is 1. The molecule has 0 aliphatic carbocycles. The number of para-hydroxylation sites is 1. The lowest BCUT2D eigenvalue weighted by Crippen LogP contribution is -2.30. The third kappa shape index (κ3) is 5.72. The van der Waals surface area contributed by atoms with Crippen molar-refractivity contribution in [1.82, 2.24) is 24.1 Å². The second-order valence-corrected chi connectivity index (χ2v) is 13.0. The molecule has 10 heteroatoms. The van der Waals surface area contributed by atoms with Crippen LogP contribution in [0.1, 0.15) is 42.4 Å². The molecule has 41 heavy (non-hydrogen) atoms. The summed E-state index contributed by atoms with van der Waals surface area (Å²) in [7, 11) is -3.65. The van der Waals surface area contributed by atoms with E-state index in [4.69, 9.17) is 0 Å². The Morgan fingerprint density at radius 3 is 2.41 bits per heavy atom. The first-order valence-electron chi connectivity index (χ1n) is 13.6. The third-order valence-corrected chi connectivity index (χ3v) is 10.3. The van der Waals surface area contributed by atoms with Gasteiger partial charge in [0, 0.05) is 40.8 Å². The molecule has 0 fully saturated rings. The largest absolute Gasteiger partial charge is 0.358 e. The van der Waals surface area contributed by atoms with Gasteiger partial charge in [-0.1, -0.05) is 86.3 Å². The average Bonchev–Trinajstić information content (AvgIpc) is 3.53. The van der Waals surface area contributed by atoms with Gasteiger partial charge in [-0.3, -0.25) is 9.36 Å². The first-order valence-corrected chi connectivity index (χ1v) is 15.9. The van der Waals surface area contributed by atoms with Gasteiger partial charge in [0.2, 0.25) is 10.0 Å². The molecule has 5 rings (SSSR count). The Morgan fingerprint density at radius 1 is 0.976 bits per heavy atom. The van der Waals surface area contributed by atoms with Gasteiger partial charge in [-0.2, -0.15) is 4.31 Å². The number of H-pyrrole nitrogens is 1. The van der Waals surface area contributed by atoms with E-state index in [9.17, 15) is 13.2 Å². The standard InChI is InChI=1S/C31H33N5O3S2/c1-5-35(6-2)41(38,39)25-16-12-15-24(19-25)30-33-34-31(36(30)20-23-13-8-7-9-14-23)40-22(4)29(37)28-21(3)32-27-18-11-10-17-26(27)28/h7-19,22,32H,5-6,20H2,1-4H3/t22-/m0/s1. The van der Waals surface area contributed by atoms with Crippen molar-refractivity contribution in [2.75, 3.05) is 13.1 Å². The number of carbonyl (C=O) groups is 1. The summed E-state index contributed by atoms with van der Waals surface area (Å²) in [4.78, 5) is 17.2. The predicted molar refractivity (Wildman–Crippen MR) is 164 cm³/mol. The lowest BCUT2D eigenvalue weighted by Gasteiger charge is -2.19. The van der Waals surface area contributed by atoms with Crippen LogP contribution < -0.4 is 0 Å². The van der Waals surface area contributed by atoms with Crippen LogP contribution in [-0.4, -0.2) is 56.6 Å². The fourth-order valence-corrected chi connectivity index (χ4v) is 7.43. The maximum Gasteiger partial charge on any atom is 0.243 e. The van der Waals surface area contributed by atoms with E-state index < -0.39 is 15.3 Å². The summed E-state index contributed by atoms with van der Waals surface area (Å²) in [6.45, 7) is 8.68. The monoisotopic (exact) mass is 587 g/mol. The van der Waals surface area contributed by atoms with Crippen LogP contribution in [-0.2, 0) is 16.6 Å². The van der Waals surface area contributed by atoms with Gasteiger partial charge >= 0.3 is 0 Å². The molecular weight excluding hydrogens is 555 g/mol. The van der Waals surface area contributed by atoms with Crippen molar-refractivity contribution in [3.05, 3.63) is 95.7 Å². The number of hydrogen-bond acceptors (Lipinski definition) is 6. The predicted octanol–water partition coefficient (Wildman–Crippen LogP) is 6.18. The number of aromatic amines is 1. The van der Waals surface area contributed by atoms with E-state index >= 15 is 0 Å². The van der Waals surface area contributed by atoms with Gasteiger partial charge in [-0.15, -0.1) is 10.2 Å². The normalized spacial score (nSPS) is 12.7. The second-order valence-electron chi connectivity index (χ2n) is 9.79. The molecule has 0 aliphatic rings. The van der Waals surface area contributed by atoms with Crippen molar-refractivity contribution in [2.45, 2.75) is 49.5 Å². The molecule has 0 aliphatic heterocycles. The number of ketones is 1. The molecule has 0 radical (unpaired) electrons. The lowest BCUT2D eigenvalue weighted by molar-refractivity contribution is 0.0995. The van der Waals surface area contributed by atoms with Crippen LogP contribution in [0.15, 0.2) is 88.9 Å². The van der Waals surface area contributed by atoms with Crippen molar-refractivity contribution >= 4 is 38.5 Å². The maximum atomic E-state index is 13.7. The second kappa shape index (κ2) is 12.0. The summed E-state index contributed by atoms with van der Waals surface area (Å²) in [5.41, 5.74) is 4.12. The number of aromatic nitrogens is 4. The molecule has 1 atom stereocenters. The molecule has 2 aromatic heterocycles. The van der Waals surface area contributed by atoms with Gasteiger partial charge in [-0.25, -0.2) is 8.42 Å². The van der Waals surface area contributed by atoms with E-state index in [0.29, 0.717) is 41.7 Å². The Kier molecular flexibility index (Phi) is 8.44. The topological polar surface area (TPSA) is 101 Å². The minimum absolute atomic E-state index is 0.00748. The SMILES string of the molecule is CCN(CC)S(=O)(=O)c1cccc(-c2nnc(S[C@@H](C)C(=O)c3c(C)[nH]c4ccccc34)n2Cc2ccccc2)c1. The summed E-state index contributed by atoms with van der Waals surface area (Å²) in [5.74, 6) is 0.545. The highest BCUT2D eigenvalue weighted by atomic mass is 32.2. The third-order valence-electron chi connectivity index (χ3n) is 7.13. The maximum absolute atomic E-state index is 13.7. The smallest absolute Gasteiger partial charge is 0.243 e. The lowest BCUT2D eigenvalue weighted by atomic mass is 10.1. The molecule has 0 spiro atoms. The van der Waals surface area contributed by atoms with Crippen molar-refractivity contribution < 1.29 is 13.2 Å². The van der Waals surface area contributed by atoms with E-state index in [1.807, 2.05) is 92.9 Å². The Balaban J connectivity index is 1.53. The summed E-state index contributed by atoms with van der Waals surface area (Å²) in [6, 6.07) is 24.5. The number of benzene rings is 3. The number of thioether (sulfide) groups is 1. The average molecular weight is 588 g/mol. The number of sulfonamides is 1. The van der Waals surface area contributed by atoms with E-state index in [2.05, 4.69) is 15.2 Å². The highest BCUT2D eigenvalue weighted by molar-refractivity contribution is 8.00. The zero-order valence-electron chi connectivity index (χ0n) is 23.5. The van der Waals surface area contributed by atoms with E-state index in [-0.39, 0.29) is 10.7 Å². The number of carbonyl (C=O) groups excluding carboxylic acids is 1. The van der Waals surface area contributed by atoms with Crippen molar-refractivity contribution in [3.8, 4) is 11.4 Å². The molecular formula is C31H33N5O3S2. The Bertz CT molecular complexity index is 1790. The van der Waals surface area contributed by atoms with E-state index in [1.54, 1.807) is 18.2 Å². The van der Waals surface area contributed by atoms with Crippen LogP contribution >= 0.6 is 11.8 Å². The summed E-state index contributed by atoms with van der Waals surface area (Å²) in [5, 5.41) is 10.0. The van der Waals surface area contributed by atoms with Crippen LogP contribution in [0.3, 0.4) is 0 Å². The van der Waals surface area contributed by atoms with Crippen molar-refractivity contribution in [3.63, 3.8) is 0 Å². The molecule has 0 amide bonds. The summed E-state index contributed by atoms with van der Waals surface area (Å²) >= 11 is 1.35. The van der Waals surface area contributed by atoms with Gasteiger partial charge < -0.3 is 4.98 Å². The Labute approximate surface area is 244 Å². The minimum Gasteiger partial charge on any atom is -0.358 e. The Hall–Kier alpha value is -3.73. The number of rotatable bonds is 11. The molecule has 0 unspecified atom stereocenters. The van der Waals surface area contributed by atoms with Gasteiger partial charge in [0.15, 0.2) is 16.8 Å². The fourth-order valence-electron chi connectivity index (χ4n) is 5.02. The van der Waals surface area contributed by atoms with Gasteiger partial charge in [0.1, 0.15) is 0 Å². The first-order chi connectivity index (χ1) is 19.7. The van der Waals surface area contributed by atoms with Crippen LogP contribution in [0, 0.1) is 6.92 Å². The number of nitrogens with one attached hydrogen (secondary N) is 1. The molecule has 1 N–H and O–H groups in total. The first kappa shape index (κ1) is 28.8. The summed E-state index contributed by atoms with van der Waals surface area (Å²) < 4.78 is 29.9. The van der Waals surface area contributed by atoms with Gasteiger partial charge in [0.25, 0.3) is 0 Å². The molecule has 0 saturated carbocycles.